The molecule has 1 unspecified atom stereocenters. The van der Waals surface area contributed by atoms with Gasteiger partial charge in [0.15, 0.2) is 0 Å². The number of halogens is 1. The van der Waals surface area contributed by atoms with Gasteiger partial charge in [-0.15, -0.1) is 0 Å². The van der Waals surface area contributed by atoms with Crippen molar-refractivity contribution in [3.05, 3.63) is 64.1 Å². The molecule has 0 fully saturated rings. The minimum atomic E-state index is 0.314. The third kappa shape index (κ3) is 4.58. The maximum Gasteiger partial charge on any atom is 0.118 e. The number of rotatable bonds is 7. The summed E-state index contributed by atoms with van der Waals surface area (Å²) in [5.41, 5.74) is 2.61. The van der Waals surface area contributed by atoms with E-state index in [1.54, 1.807) is 7.11 Å². The lowest BCUT2D eigenvalue weighted by molar-refractivity contribution is 0.414. The van der Waals surface area contributed by atoms with Crippen molar-refractivity contribution in [1.29, 1.82) is 0 Å². The van der Waals surface area contributed by atoms with Crippen LogP contribution in [0.5, 0.6) is 5.75 Å². The van der Waals surface area contributed by atoms with Crippen LogP contribution in [-0.4, -0.2) is 13.7 Å². The highest BCUT2D eigenvalue weighted by atomic mass is 79.9. The van der Waals surface area contributed by atoms with E-state index < -0.39 is 0 Å². The first kappa shape index (κ1) is 16.1. The van der Waals surface area contributed by atoms with Gasteiger partial charge in [0.1, 0.15) is 5.75 Å². The summed E-state index contributed by atoms with van der Waals surface area (Å²) < 4.78 is 6.41. The van der Waals surface area contributed by atoms with Crippen molar-refractivity contribution < 1.29 is 4.74 Å². The van der Waals surface area contributed by atoms with Crippen molar-refractivity contribution in [2.24, 2.45) is 0 Å². The summed E-state index contributed by atoms with van der Waals surface area (Å²) in [7, 11) is 1.70. The van der Waals surface area contributed by atoms with Gasteiger partial charge in [0.25, 0.3) is 0 Å². The molecule has 21 heavy (non-hydrogen) atoms. The van der Waals surface area contributed by atoms with Crippen LogP contribution in [0.1, 0.15) is 30.5 Å². The molecule has 0 amide bonds. The normalized spacial score (nSPS) is 12.1. The number of hydrogen-bond acceptors (Lipinski definition) is 2. The third-order valence-electron chi connectivity index (χ3n) is 3.54. The molecule has 2 aromatic rings. The van der Waals surface area contributed by atoms with Gasteiger partial charge >= 0.3 is 0 Å². The highest BCUT2D eigenvalue weighted by Crippen LogP contribution is 2.25. The van der Waals surface area contributed by atoms with E-state index in [0.717, 1.165) is 25.1 Å². The molecule has 2 aromatic carbocycles. The first-order valence-electron chi connectivity index (χ1n) is 7.35. The fourth-order valence-electron chi connectivity index (χ4n) is 2.35. The molecule has 1 N–H and O–H groups in total. The van der Waals surface area contributed by atoms with Crippen molar-refractivity contribution >= 4 is 15.9 Å². The Morgan fingerprint density at radius 3 is 2.43 bits per heavy atom. The lowest BCUT2D eigenvalue weighted by Gasteiger charge is -2.20. The van der Waals surface area contributed by atoms with E-state index in [9.17, 15) is 0 Å². The van der Waals surface area contributed by atoms with E-state index in [1.807, 2.05) is 12.1 Å². The Morgan fingerprint density at radius 2 is 1.81 bits per heavy atom. The van der Waals surface area contributed by atoms with Crippen molar-refractivity contribution in [3.8, 4) is 5.75 Å². The number of hydrogen-bond donors (Lipinski definition) is 1. The first-order chi connectivity index (χ1) is 10.2. The SMILES string of the molecule is CCCNC(Cc1ccccc1Br)c1ccc(OC)cc1. The van der Waals surface area contributed by atoms with Gasteiger partial charge in [0, 0.05) is 10.5 Å². The molecule has 0 aliphatic carbocycles. The summed E-state index contributed by atoms with van der Waals surface area (Å²) in [4.78, 5) is 0. The minimum absolute atomic E-state index is 0.314. The second-order valence-electron chi connectivity index (χ2n) is 5.08. The Balaban J connectivity index is 2.18. The van der Waals surface area contributed by atoms with Crippen LogP contribution in [0.25, 0.3) is 0 Å². The molecule has 0 spiro atoms. The second kappa shape index (κ2) is 8.20. The number of benzene rings is 2. The largest absolute Gasteiger partial charge is 0.497 e. The van der Waals surface area contributed by atoms with Crippen LogP contribution in [0, 0.1) is 0 Å². The van der Waals surface area contributed by atoms with Crippen LogP contribution >= 0.6 is 15.9 Å². The summed E-state index contributed by atoms with van der Waals surface area (Å²) >= 11 is 3.64. The lowest BCUT2D eigenvalue weighted by atomic mass is 9.98. The Bertz CT molecular complexity index is 553. The highest BCUT2D eigenvalue weighted by Gasteiger charge is 2.13. The third-order valence-corrected chi connectivity index (χ3v) is 4.31. The molecule has 112 valence electrons. The van der Waals surface area contributed by atoms with Crippen molar-refractivity contribution in [2.45, 2.75) is 25.8 Å². The van der Waals surface area contributed by atoms with Crippen LogP contribution in [0.3, 0.4) is 0 Å². The summed E-state index contributed by atoms with van der Waals surface area (Å²) in [5, 5.41) is 3.64. The van der Waals surface area contributed by atoms with E-state index in [2.05, 4.69) is 64.6 Å². The van der Waals surface area contributed by atoms with Crippen LogP contribution in [0.4, 0.5) is 0 Å². The Labute approximate surface area is 135 Å². The number of methoxy groups -OCH3 is 1. The Hall–Kier alpha value is -1.32. The molecule has 0 aliphatic rings. The van der Waals surface area contributed by atoms with Gasteiger partial charge in [0.2, 0.25) is 0 Å². The molecule has 3 heteroatoms. The molecule has 0 heterocycles. The average Bonchev–Trinajstić information content (AvgIpc) is 2.53. The summed E-state index contributed by atoms with van der Waals surface area (Å²) in [6.45, 7) is 3.21. The zero-order chi connectivity index (χ0) is 15.1. The Morgan fingerprint density at radius 1 is 1.10 bits per heavy atom. The van der Waals surface area contributed by atoms with Gasteiger partial charge in [0.05, 0.1) is 7.11 Å². The standard InChI is InChI=1S/C18H22BrNO/c1-3-12-20-18(13-15-6-4-5-7-17(15)19)14-8-10-16(21-2)11-9-14/h4-11,18,20H,3,12-13H2,1-2H3. The molecule has 0 aliphatic heterocycles. The highest BCUT2D eigenvalue weighted by molar-refractivity contribution is 9.10. The molecule has 2 nitrogen and oxygen atoms in total. The monoisotopic (exact) mass is 347 g/mol. The molecule has 0 saturated heterocycles. The van der Waals surface area contributed by atoms with Crippen LogP contribution in [0.2, 0.25) is 0 Å². The molecular weight excluding hydrogens is 326 g/mol. The quantitative estimate of drug-likeness (QED) is 0.780. The number of nitrogens with one attached hydrogen (secondary N) is 1. The van der Waals surface area contributed by atoms with E-state index in [-0.39, 0.29) is 0 Å². The molecule has 0 aromatic heterocycles. The molecule has 0 radical (unpaired) electrons. The number of ether oxygens (including phenoxy) is 1. The fourth-order valence-corrected chi connectivity index (χ4v) is 2.79. The maximum atomic E-state index is 5.24. The molecular formula is C18H22BrNO. The van der Waals surface area contributed by atoms with E-state index in [0.29, 0.717) is 6.04 Å². The van der Waals surface area contributed by atoms with Crippen LogP contribution < -0.4 is 10.1 Å². The van der Waals surface area contributed by atoms with Gasteiger partial charge in [-0.05, 0) is 48.7 Å². The molecule has 1 atom stereocenters. The predicted molar refractivity (Wildman–Crippen MR) is 91.9 cm³/mol. The van der Waals surface area contributed by atoms with Crippen molar-refractivity contribution in [1.82, 2.24) is 5.32 Å². The van der Waals surface area contributed by atoms with Gasteiger partial charge in [-0.2, -0.15) is 0 Å². The van der Waals surface area contributed by atoms with Crippen LogP contribution in [0.15, 0.2) is 53.0 Å². The Kier molecular flexibility index (Phi) is 6.27. The summed E-state index contributed by atoms with van der Waals surface area (Å²) in [5.74, 6) is 0.897. The van der Waals surface area contributed by atoms with E-state index in [1.165, 1.54) is 15.6 Å². The van der Waals surface area contributed by atoms with Gasteiger partial charge in [-0.3, -0.25) is 0 Å². The molecule has 0 saturated carbocycles. The summed E-state index contributed by atoms with van der Waals surface area (Å²) in [6, 6.07) is 17.1. The van der Waals surface area contributed by atoms with Gasteiger partial charge in [-0.25, -0.2) is 0 Å². The molecule has 0 bridgehead atoms. The van der Waals surface area contributed by atoms with E-state index >= 15 is 0 Å². The van der Waals surface area contributed by atoms with Gasteiger partial charge in [-0.1, -0.05) is 53.2 Å². The first-order valence-corrected chi connectivity index (χ1v) is 8.14. The predicted octanol–water partition coefficient (Wildman–Crippen LogP) is 4.74. The minimum Gasteiger partial charge on any atom is -0.497 e. The second-order valence-corrected chi connectivity index (χ2v) is 5.93. The van der Waals surface area contributed by atoms with Gasteiger partial charge < -0.3 is 10.1 Å². The zero-order valence-electron chi connectivity index (χ0n) is 12.6. The smallest absolute Gasteiger partial charge is 0.118 e. The fraction of sp³-hybridized carbons (Fsp3) is 0.333. The van der Waals surface area contributed by atoms with Crippen molar-refractivity contribution in [2.75, 3.05) is 13.7 Å². The zero-order valence-corrected chi connectivity index (χ0v) is 14.2. The topological polar surface area (TPSA) is 21.3 Å². The van der Waals surface area contributed by atoms with Crippen LogP contribution in [-0.2, 0) is 6.42 Å². The average molecular weight is 348 g/mol. The molecule has 2 rings (SSSR count). The van der Waals surface area contributed by atoms with E-state index in [4.69, 9.17) is 4.74 Å². The summed E-state index contributed by atoms with van der Waals surface area (Å²) in [6.07, 6.45) is 2.09. The lowest BCUT2D eigenvalue weighted by Crippen LogP contribution is -2.24. The maximum absolute atomic E-state index is 5.24. The van der Waals surface area contributed by atoms with Crippen molar-refractivity contribution in [3.63, 3.8) is 0 Å².